The van der Waals surface area contributed by atoms with E-state index in [1.807, 2.05) is 0 Å². The van der Waals surface area contributed by atoms with Crippen molar-refractivity contribution >= 4 is 17.2 Å². The highest BCUT2D eigenvalue weighted by Gasteiger charge is 2.23. The third-order valence-electron chi connectivity index (χ3n) is 4.17. The summed E-state index contributed by atoms with van der Waals surface area (Å²) in [4.78, 5) is 14.5. The van der Waals surface area contributed by atoms with E-state index < -0.39 is 0 Å². The smallest absolute Gasteiger partial charge is 0.261 e. The average Bonchev–Trinajstić information content (AvgIpc) is 2.90. The number of hydrogen-bond acceptors (Lipinski definition) is 4. The quantitative estimate of drug-likeness (QED) is 0.813. The number of fused-ring (bicyclic) bond motifs is 1. The van der Waals surface area contributed by atoms with Crippen molar-refractivity contribution in [2.45, 2.75) is 45.1 Å². The number of carbonyl (C=O) groups is 1. The van der Waals surface area contributed by atoms with E-state index in [9.17, 15) is 4.79 Å². The van der Waals surface area contributed by atoms with E-state index >= 15 is 0 Å². The van der Waals surface area contributed by atoms with E-state index in [2.05, 4.69) is 18.3 Å². The lowest BCUT2D eigenvalue weighted by Crippen LogP contribution is -2.38. The molecule has 0 spiro atoms. The van der Waals surface area contributed by atoms with Gasteiger partial charge in [0.2, 0.25) is 0 Å². The van der Waals surface area contributed by atoms with Crippen LogP contribution in [0.1, 0.15) is 46.3 Å². The predicted octanol–water partition coefficient (Wildman–Crippen LogP) is 2.39. The number of thiophene rings is 1. The van der Waals surface area contributed by atoms with Crippen molar-refractivity contribution in [2.75, 3.05) is 20.3 Å². The molecule has 21 heavy (non-hydrogen) atoms. The first-order valence-corrected chi connectivity index (χ1v) is 8.51. The fraction of sp³-hybridized carbons (Fsp3) is 0.688. The number of carbonyl (C=O) groups excluding carboxylic acids is 1. The third kappa shape index (κ3) is 4.28. The van der Waals surface area contributed by atoms with Gasteiger partial charge >= 0.3 is 0 Å². The molecule has 2 atom stereocenters. The number of methoxy groups -OCH3 is 1. The van der Waals surface area contributed by atoms with Gasteiger partial charge in [-0.15, -0.1) is 11.3 Å². The lowest BCUT2D eigenvalue weighted by Gasteiger charge is -2.19. The number of aryl methyl sites for hydroxylation is 1. The van der Waals surface area contributed by atoms with E-state index in [0.29, 0.717) is 13.0 Å². The highest BCUT2D eigenvalue weighted by atomic mass is 32.1. The van der Waals surface area contributed by atoms with Crippen LogP contribution in [0.2, 0.25) is 0 Å². The topological polar surface area (TPSA) is 58.6 Å². The molecule has 1 aromatic heterocycles. The van der Waals surface area contributed by atoms with Crippen LogP contribution in [0.4, 0.5) is 0 Å². The van der Waals surface area contributed by atoms with Crippen molar-refractivity contribution in [2.24, 2.45) is 5.92 Å². The molecule has 2 unspecified atom stereocenters. The van der Waals surface area contributed by atoms with Crippen molar-refractivity contribution in [3.05, 3.63) is 21.4 Å². The molecule has 2 N–H and O–H groups in total. The third-order valence-corrected chi connectivity index (χ3v) is 5.40. The summed E-state index contributed by atoms with van der Waals surface area (Å²) >= 11 is 1.62. The van der Waals surface area contributed by atoms with E-state index in [1.165, 1.54) is 23.3 Å². The summed E-state index contributed by atoms with van der Waals surface area (Å²) in [7, 11) is 1.60. The lowest BCUT2D eigenvalue weighted by atomic mass is 9.87. The van der Waals surface area contributed by atoms with Crippen LogP contribution in [-0.2, 0) is 17.6 Å². The molecule has 1 heterocycles. The Balaban J connectivity index is 2.01. The Morgan fingerprint density at radius 3 is 3.10 bits per heavy atom. The molecule has 2 rings (SSSR count). The Kier molecular flexibility index (Phi) is 6.21. The summed E-state index contributed by atoms with van der Waals surface area (Å²) in [6.07, 6.45) is 5.17. The Morgan fingerprint density at radius 1 is 1.62 bits per heavy atom. The second-order valence-electron chi connectivity index (χ2n) is 5.71. The highest BCUT2D eigenvalue weighted by Crippen LogP contribution is 2.33. The molecule has 0 aliphatic heterocycles. The van der Waals surface area contributed by atoms with Gasteiger partial charge in [-0.25, -0.2) is 0 Å². The van der Waals surface area contributed by atoms with E-state index in [0.717, 1.165) is 23.6 Å². The molecule has 1 aliphatic rings. The van der Waals surface area contributed by atoms with Gasteiger partial charge < -0.3 is 15.2 Å². The van der Waals surface area contributed by atoms with Crippen molar-refractivity contribution in [3.8, 4) is 0 Å². The zero-order valence-corrected chi connectivity index (χ0v) is 13.7. The monoisotopic (exact) mass is 311 g/mol. The molecule has 0 aromatic carbocycles. The zero-order chi connectivity index (χ0) is 15.2. The van der Waals surface area contributed by atoms with Crippen LogP contribution in [0.15, 0.2) is 6.07 Å². The molecule has 0 saturated carbocycles. The lowest BCUT2D eigenvalue weighted by molar-refractivity contribution is 0.0882. The van der Waals surface area contributed by atoms with Gasteiger partial charge in [-0.3, -0.25) is 4.79 Å². The minimum Gasteiger partial charge on any atom is -0.396 e. The van der Waals surface area contributed by atoms with Gasteiger partial charge in [0.05, 0.1) is 17.5 Å². The maximum absolute atomic E-state index is 12.3. The van der Waals surface area contributed by atoms with Crippen LogP contribution >= 0.6 is 11.3 Å². The first-order chi connectivity index (χ1) is 10.2. The van der Waals surface area contributed by atoms with Crippen molar-refractivity contribution < 1.29 is 14.6 Å². The largest absolute Gasteiger partial charge is 0.396 e. The standard InChI is InChI=1S/C16H25NO3S/c1-3-11-4-5-14-12(8-11)9-15(21-14)16(19)17-13(6-7-18)10-20-2/h9,11,13,18H,3-8,10H2,1-2H3,(H,17,19). The summed E-state index contributed by atoms with van der Waals surface area (Å²) in [5.41, 5.74) is 1.36. The second-order valence-corrected chi connectivity index (χ2v) is 6.85. The van der Waals surface area contributed by atoms with Crippen molar-refractivity contribution in [1.82, 2.24) is 5.32 Å². The SMILES string of the molecule is CCC1CCc2sc(C(=O)NC(CCO)COC)cc2C1. The number of amides is 1. The summed E-state index contributed by atoms with van der Waals surface area (Å²) in [5, 5.41) is 12.0. The fourth-order valence-corrected chi connectivity index (χ4v) is 3.98. The van der Waals surface area contributed by atoms with Crippen LogP contribution < -0.4 is 5.32 Å². The van der Waals surface area contributed by atoms with Gasteiger partial charge in [-0.2, -0.15) is 0 Å². The molecule has 0 fully saturated rings. The van der Waals surface area contributed by atoms with E-state index in [-0.39, 0.29) is 18.6 Å². The molecule has 5 heteroatoms. The van der Waals surface area contributed by atoms with Gasteiger partial charge in [-0.1, -0.05) is 13.3 Å². The molecular formula is C16H25NO3S. The Hall–Kier alpha value is -0.910. The number of rotatable bonds is 7. The fourth-order valence-electron chi connectivity index (χ4n) is 2.87. The van der Waals surface area contributed by atoms with Crippen LogP contribution in [-0.4, -0.2) is 37.4 Å². The summed E-state index contributed by atoms with van der Waals surface area (Å²) in [5.74, 6) is 0.719. The minimum absolute atomic E-state index is 0.0436. The van der Waals surface area contributed by atoms with Crippen LogP contribution in [0.25, 0.3) is 0 Å². The highest BCUT2D eigenvalue weighted by molar-refractivity contribution is 7.14. The van der Waals surface area contributed by atoms with Gasteiger partial charge in [0.15, 0.2) is 0 Å². The molecule has 0 saturated heterocycles. The second kappa shape index (κ2) is 7.92. The molecule has 1 aliphatic carbocycles. The Morgan fingerprint density at radius 2 is 2.43 bits per heavy atom. The number of aliphatic hydroxyl groups is 1. The maximum atomic E-state index is 12.3. The Labute approximate surface area is 130 Å². The molecule has 0 radical (unpaired) electrons. The Bertz CT molecular complexity index is 466. The zero-order valence-electron chi connectivity index (χ0n) is 12.9. The van der Waals surface area contributed by atoms with Crippen molar-refractivity contribution in [3.63, 3.8) is 0 Å². The van der Waals surface area contributed by atoms with Crippen LogP contribution in [0, 0.1) is 5.92 Å². The molecule has 4 nitrogen and oxygen atoms in total. The average molecular weight is 311 g/mol. The number of nitrogens with one attached hydrogen (secondary N) is 1. The van der Waals surface area contributed by atoms with Gasteiger partial charge in [0.25, 0.3) is 5.91 Å². The molecule has 118 valence electrons. The molecule has 0 bridgehead atoms. The number of ether oxygens (including phenoxy) is 1. The van der Waals surface area contributed by atoms with Gasteiger partial charge in [-0.05, 0) is 43.2 Å². The number of hydrogen-bond donors (Lipinski definition) is 2. The molecular weight excluding hydrogens is 286 g/mol. The van der Waals surface area contributed by atoms with Crippen LogP contribution in [0.3, 0.4) is 0 Å². The van der Waals surface area contributed by atoms with Crippen molar-refractivity contribution in [1.29, 1.82) is 0 Å². The van der Waals surface area contributed by atoms with E-state index in [1.54, 1.807) is 18.4 Å². The van der Waals surface area contributed by atoms with Crippen LogP contribution in [0.5, 0.6) is 0 Å². The summed E-state index contributed by atoms with van der Waals surface area (Å²) < 4.78 is 5.08. The first-order valence-electron chi connectivity index (χ1n) is 7.70. The molecule has 1 aromatic rings. The first kappa shape index (κ1) is 16.5. The minimum atomic E-state index is -0.130. The summed E-state index contributed by atoms with van der Waals surface area (Å²) in [6.45, 7) is 2.71. The van der Waals surface area contributed by atoms with Gasteiger partial charge in [0, 0.05) is 18.6 Å². The normalized spacial score (nSPS) is 19.1. The van der Waals surface area contributed by atoms with E-state index in [4.69, 9.17) is 9.84 Å². The summed E-state index contributed by atoms with van der Waals surface area (Å²) in [6, 6.07) is 1.93. The molecule has 1 amide bonds. The number of aliphatic hydroxyl groups excluding tert-OH is 1. The predicted molar refractivity (Wildman–Crippen MR) is 85.0 cm³/mol. The maximum Gasteiger partial charge on any atom is 0.261 e. The van der Waals surface area contributed by atoms with Gasteiger partial charge in [0.1, 0.15) is 0 Å².